The molecule has 1 aromatic carbocycles. The lowest BCUT2D eigenvalue weighted by molar-refractivity contribution is -0.143. The predicted octanol–water partition coefficient (Wildman–Crippen LogP) is 2.09. The van der Waals surface area contributed by atoms with Crippen LogP contribution in [0.1, 0.15) is 31.4 Å². The van der Waals surface area contributed by atoms with Gasteiger partial charge < -0.3 is 24.1 Å². The Morgan fingerprint density at radius 1 is 1.10 bits per heavy atom. The fourth-order valence-corrected chi connectivity index (χ4v) is 1.96. The van der Waals surface area contributed by atoms with Crippen LogP contribution in [-0.2, 0) is 9.53 Å². The Balaban J connectivity index is 2.91. The lowest BCUT2D eigenvalue weighted by Crippen LogP contribution is -2.08. The highest BCUT2D eigenvalue weighted by Crippen LogP contribution is 2.38. The van der Waals surface area contributed by atoms with Crippen LogP contribution in [0.15, 0.2) is 12.1 Å². The monoisotopic (exact) mass is 298 g/mol. The molecule has 0 heterocycles. The van der Waals surface area contributed by atoms with Gasteiger partial charge in [-0.25, -0.2) is 0 Å². The molecule has 0 radical (unpaired) electrons. The molecule has 0 bridgehead atoms. The second kappa shape index (κ2) is 8.36. The Bertz CT molecular complexity index is 471. The van der Waals surface area contributed by atoms with Gasteiger partial charge in [0.2, 0.25) is 0 Å². The van der Waals surface area contributed by atoms with Crippen molar-refractivity contribution in [1.82, 2.24) is 0 Å². The van der Waals surface area contributed by atoms with Crippen LogP contribution in [0.25, 0.3) is 0 Å². The van der Waals surface area contributed by atoms with E-state index in [2.05, 4.69) is 0 Å². The molecule has 118 valence electrons. The van der Waals surface area contributed by atoms with Crippen molar-refractivity contribution in [2.75, 3.05) is 27.9 Å². The summed E-state index contributed by atoms with van der Waals surface area (Å²) < 4.78 is 20.5. The highest BCUT2D eigenvalue weighted by Gasteiger charge is 2.19. The molecule has 6 nitrogen and oxygen atoms in total. The largest absolute Gasteiger partial charge is 0.496 e. The van der Waals surface area contributed by atoms with Crippen LogP contribution in [0, 0.1) is 0 Å². The Morgan fingerprint density at radius 3 is 2.19 bits per heavy atom. The van der Waals surface area contributed by atoms with Crippen molar-refractivity contribution < 1.29 is 28.8 Å². The van der Waals surface area contributed by atoms with Crippen LogP contribution >= 0.6 is 0 Å². The van der Waals surface area contributed by atoms with E-state index in [1.807, 2.05) is 0 Å². The van der Waals surface area contributed by atoms with Crippen molar-refractivity contribution in [3.05, 3.63) is 17.7 Å². The summed E-state index contributed by atoms with van der Waals surface area (Å²) in [6, 6.07) is 3.29. The molecule has 1 atom stereocenters. The summed E-state index contributed by atoms with van der Waals surface area (Å²) in [6.45, 7) is 2.07. The zero-order valence-electron chi connectivity index (χ0n) is 12.8. The molecule has 0 aromatic heterocycles. The van der Waals surface area contributed by atoms with Crippen molar-refractivity contribution >= 4 is 5.97 Å². The van der Waals surface area contributed by atoms with Crippen molar-refractivity contribution in [3.63, 3.8) is 0 Å². The summed E-state index contributed by atoms with van der Waals surface area (Å²) in [6.07, 6.45) is -0.485. The Hall–Kier alpha value is -1.95. The highest BCUT2D eigenvalue weighted by atomic mass is 16.5. The quantitative estimate of drug-likeness (QED) is 0.741. The van der Waals surface area contributed by atoms with Gasteiger partial charge in [-0.05, 0) is 19.4 Å². The lowest BCUT2D eigenvalue weighted by atomic mass is 10.0. The normalized spacial score (nSPS) is 11.7. The average Bonchev–Trinajstić information content (AvgIpc) is 2.51. The smallest absolute Gasteiger partial charge is 0.305 e. The molecule has 0 saturated carbocycles. The summed E-state index contributed by atoms with van der Waals surface area (Å²) in [4.78, 5) is 11.3. The van der Waals surface area contributed by atoms with Crippen LogP contribution in [0.5, 0.6) is 17.2 Å². The average molecular weight is 298 g/mol. The summed E-state index contributed by atoms with van der Waals surface area (Å²) >= 11 is 0. The van der Waals surface area contributed by atoms with Gasteiger partial charge in [-0.2, -0.15) is 0 Å². The van der Waals surface area contributed by atoms with E-state index in [0.29, 0.717) is 29.4 Å². The minimum absolute atomic E-state index is 0.131. The fourth-order valence-electron chi connectivity index (χ4n) is 1.96. The molecular formula is C15H22O6. The number of carbonyl (C=O) groups excluding carboxylic acids is 1. The minimum Gasteiger partial charge on any atom is -0.496 e. The first-order valence-corrected chi connectivity index (χ1v) is 6.70. The Morgan fingerprint density at radius 2 is 1.67 bits per heavy atom. The van der Waals surface area contributed by atoms with E-state index >= 15 is 0 Å². The van der Waals surface area contributed by atoms with E-state index in [0.717, 1.165) is 0 Å². The number of aliphatic hydroxyl groups excluding tert-OH is 1. The van der Waals surface area contributed by atoms with Crippen LogP contribution in [-0.4, -0.2) is 39.0 Å². The molecule has 6 heteroatoms. The molecule has 0 aliphatic rings. The standard InChI is InChI=1S/C15H22O6/c1-5-21-15(17)7-6-11(16)10-8-13(19-3)14(20-4)9-12(10)18-2/h8-9,11,16H,5-7H2,1-4H3. The van der Waals surface area contributed by atoms with Gasteiger partial charge in [0.1, 0.15) is 5.75 Å². The van der Waals surface area contributed by atoms with Gasteiger partial charge in [0, 0.05) is 18.1 Å². The van der Waals surface area contributed by atoms with E-state index in [9.17, 15) is 9.90 Å². The maximum absolute atomic E-state index is 11.3. The van der Waals surface area contributed by atoms with Gasteiger partial charge in [0.15, 0.2) is 11.5 Å². The second-order valence-corrected chi connectivity index (χ2v) is 4.31. The highest BCUT2D eigenvalue weighted by molar-refractivity contribution is 5.69. The molecule has 1 N–H and O–H groups in total. The van der Waals surface area contributed by atoms with Crippen LogP contribution in [0.4, 0.5) is 0 Å². The summed E-state index contributed by atoms with van der Waals surface area (Å²) in [5.41, 5.74) is 0.541. The van der Waals surface area contributed by atoms with Gasteiger partial charge in [0.25, 0.3) is 0 Å². The van der Waals surface area contributed by atoms with Crippen molar-refractivity contribution in [2.24, 2.45) is 0 Å². The van der Waals surface area contributed by atoms with Crippen LogP contribution in [0.3, 0.4) is 0 Å². The van der Waals surface area contributed by atoms with E-state index in [1.54, 1.807) is 19.1 Å². The predicted molar refractivity (Wildman–Crippen MR) is 76.9 cm³/mol. The molecule has 0 aliphatic heterocycles. The number of esters is 1. The van der Waals surface area contributed by atoms with Crippen molar-refractivity contribution in [2.45, 2.75) is 25.9 Å². The maximum Gasteiger partial charge on any atom is 0.305 e. The zero-order valence-corrected chi connectivity index (χ0v) is 12.8. The van der Waals surface area contributed by atoms with Crippen LogP contribution in [0.2, 0.25) is 0 Å². The molecule has 0 saturated heterocycles. The SMILES string of the molecule is CCOC(=O)CCC(O)c1cc(OC)c(OC)cc1OC. The van der Waals surface area contributed by atoms with E-state index < -0.39 is 6.10 Å². The third-order valence-electron chi connectivity index (χ3n) is 3.02. The van der Waals surface area contributed by atoms with Gasteiger partial charge in [0.05, 0.1) is 34.0 Å². The fraction of sp³-hybridized carbons (Fsp3) is 0.533. The Labute approximate surface area is 124 Å². The zero-order chi connectivity index (χ0) is 15.8. The summed E-state index contributed by atoms with van der Waals surface area (Å²) in [7, 11) is 4.54. The molecule has 21 heavy (non-hydrogen) atoms. The van der Waals surface area contributed by atoms with Gasteiger partial charge in [-0.15, -0.1) is 0 Å². The number of carbonyl (C=O) groups is 1. The van der Waals surface area contributed by atoms with Crippen molar-refractivity contribution in [1.29, 1.82) is 0 Å². The molecule has 1 aromatic rings. The number of rotatable bonds is 8. The summed E-state index contributed by atoms with van der Waals surface area (Å²) in [5.74, 6) is 1.14. The lowest BCUT2D eigenvalue weighted by Gasteiger charge is -2.17. The summed E-state index contributed by atoms with van der Waals surface area (Å²) in [5, 5.41) is 10.2. The van der Waals surface area contributed by atoms with Gasteiger partial charge in [-0.3, -0.25) is 4.79 Å². The third-order valence-corrected chi connectivity index (χ3v) is 3.02. The van der Waals surface area contributed by atoms with E-state index in [1.165, 1.54) is 21.3 Å². The van der Waals surface area contributed by atoms with Gasteiger partial charge in [-0.1, -0.05) is 0 Å². The number of aliphatic hydroxyl groups is 1. The topological polar surface area (TPSA) is 74.2 Å². The van der Waals surface area contributed by atoms with Crippen LogP contribution < -0.4 is 14.2 Å². The van der Waals surface area contributed by atoms with E-state index in [4.69, 9.17) is 18.9 Å². The van der Waals surface area contributed by atoms with Crippen molar-refractivity contribution in [3.8, 4) is 17.2 Å². The molecule has 1 unspecified atom stereocenters. The number of ether oxygens (including phenoxy) is 4. The number of benzene rings is 1. The first kappa shape index (κ1) is 17.1. The first-order valence-electron chi connectivity index (χ1n) is 6.70. The van der Waals surface area contributed by atoms with E-state index in [-0.39, 0.29) is 18.8 Å². The second-order valence-electron chi connectivity index (χ2n) is 4.31. The minimum atomic E-state index is -0.857. The maximum atomic E-state index is 11.3. The molecule has 1 rings (SSSR count). The first-order chi connectivity index (χ1) is 10.1. The molecule has 0 amide bonds. The number of hydrogen-bond acceptors (Lipinski definition) is 6. The molecule has 0 spiro atoms. The third kappa shape index (κ3) is 4.53. The number of methoxy groups -OCH3 is 3. The molecule has 0 fully saturated rings. The molecule has 0 aliphatic carbocycles. The Kier molecular flexibility index (Phi) is 6.81. The van der Waals surface area contributed by atoms with Gasteiger partial charge >= 0.3 is 5.97 Å². The molecular weight excluding hydrogens is 276 g/mol. The number of hydrogen-bond donors (Lipinski definition) is 1.